The Labute approximate surface area is 150 Å². The van der Waals surface area contributed by atoms with Gasteiger partial charge in [-0.25, -0.2) is 9.37 Å². The molecule has 9 heteroatoms. The second-order valence-electron chi connectivity index (χ2n) is 5.62. The largest absolute Gasteiger partial charge is 0.438 e. The molecular formula is C17H12FN5O2S. The third-order valence-electron chi connectivity index (χ3n) is 4.13. The molecule has 0 bridgehead atoms. The first kappa shape index (κ1) is 16.1. The van der Waals surface area contributed by atoms with Crippen LogP contribution in [0.15, 0.2) is 40.5 Å². The van der Waals surface area contributed by atoms with Crippen molar-refractivity contribution in [1.29, 1.82) is 5.26 Å². The summed E-state index contributed by atoms with van der Waals surface area (Å²) in [6.45, 7) is 0. The first-order valence-electron chi connectivity index (χ1n) is 7.61. The quantitative estimate of drug-likeness (QED) is 0.638. The van der Waals surface area contributed by atoms with Crippen molar-refractivity contribution < 1.29 is 9.13 Å². The number of pyridine rings is 1. The van der Waals surface area contributed by atoms with Gasteiger partial charge in [-0.2, -0.15) is 5.26 Å². The molecule has 1 aliphatic heterocycles. The fraction of sp³-hybridized carbons (Fsp3) is 0.118. The van der Waals surface area contributed by atoms with Crippen molar-refractivity contribution in [3.63, 3.8) is 0 Å². The van der Waals surface area contributed by atoms with Crippen LogP contribution in [-0.4, -0.2) is 17.0 Å². The molecule has 26 heavy (non-hydrogen) atoms. The molecule has 1 aliphatic rings. The van der Waals surface area contributed by atoms with E-state index in [-0.39, 0.29) is 22.8 Å². The predicted molar refractivity (Wildman–Crippen MR) is 95.5 cm³/mol. The number of hydrogen-bond acceptors (Lipinski definition) is 7. The Morgan fingerprint density at radius 3 is 3.00 bits per heavy atom. The molecule has 130 valence electrons. The Hall–Kier alpha value is -3.38. The predicted octanol–water partition coefficient (Wildman–Crippen LogP) is 2.38. The van der Waals surface area contributed by atoms with Crippen LogP contribution >= 0.6 is 11.3 Å². The first-order chi connectivity index (χ1) is 12.5. The number of nitrogens with zero attached hydrogens (tertiary/aromatic N) is 2. The molecule has 0 radical (unpaired) electrons. The molecule has 4 N–H and O–H groups in total. The first-order valence-corrected chi connectivity index (χ1v) is 8.42. The standard InChI is InChI=1S/C17H12FN5O2S/c1-21-17-23-15-13(26-17)12-11(16(24)22-15)10(9(6-19)14(20)25-12)7-3-2-4-8(18)5-7/h2-5,10H,20H2,1H3,(H2,21,22,23,24)/t10-/m1/s1. The number of fused-ring (bicyclic) bond motifs is 3. The maximum Gasteiger partial charge on any atom is 0.257 e. The van der Waals surface area contributed by atoms with Crippen LogP contribution in [0.3, 0.4) is 0 Å². The van der Waals surface area contributed by atoms with Crippen molar-refractivity contribution >= 4 is 26.8 Å². The Bertz CT molecular complexity index is 1170. The van der Waals surface area contributed by atoms with Gasteiger partial charge in [0.1, 0.15) is 22.2 Å². The van der Waals surface area contributed by atoms with Crippen LogP contribution in [0.1, 0.15) is 17.0 Å². The molecule has 1 atom stereocenters. The lowest BCUT2D eigenvalue weighted by atomic mass is 9.84. The van der Waals surface area contributed by atoms with E-state index in [0.717, 1.165) is 0 Å². The molecule has 2 aromatic heterocycles. The maximum absolute atomic E-state index is 13.8. The van der Waals surface area contributed by atoms with E-state index in [1.54, 1.807) is 13.1 Å². The van der Waals surface area contributed by atoms with Crippen LogP contribution in [0.25, 0.3) is 10.3 Å². The molecular weight excluding hydrogens is 357 g/mol. The highest BCUT2D eigenvalue weighted by Crippen LogP contribution is 2.44. The third kappa shape index (κ3) is 2.31. The van der Waals surface area contributed by atoms with Crippen molar-refractivity contribution in [2.75, 3.05) is 12.4 Å². The van der Waals surface area contributed by atoms with Crippen LogP contribution in [0, 0.1) is 17.1 Å². The lowest BCUT2D eigenvalue weighted by molar-refractivity contribution is 0.397. The number of benzene rings is 1. The van der Waals surface area contributed by atoms with E-state index in [2.05, 4.69) is 15.3 Å². The fourth-order valence-corrected chi connectivity index (χ4v) is 3.89. The number of ether oxygens (including phenoxy) is 1. The highest BCUT2D eigenvalue weighted by atomic mass is 32.1. The monoisotopic (exact) mass is 369 g/mol. The summed E-state index contributed by atoms with van der Waals surface area (Å²) in [5, 5.41) is 13.0. The molecule has 3 aromatic rings. The van der Waals surface area contributed by atoms with Gasteiger partial charge in [-0.05, 0) is 17.7 Å². The maximum atomic E-state index is 13.8. The minimum Gasteiger partial charge on any atom is -0.438 e. The van der Waals surface area contributed by atoms with Crippen molar-refractivity contribution in [3.05, 3.63) is 63.0 Å². The number of hydrogen-bond donors (Lipinski definition) is 3. The molecule has 0 unspecified atom stereocenters. The SMILES string of the molecule is CNc1nc2[nH]c(=O)c3c(c2s1)OC(N)=C(C#N)[C@H]3c1cccc(F)c1. The summed E-state index contributed by atoms with van der Waals surface area (Å²) < 4.78 is 20.0. The molecule has 0 amide bonds. The highest BCUT2D eigenvalue weighted by Gasteiger charge is 2.35. The Morgan fingerprint density at radius 1 is 1.50 bits per heavy atom. The number of aromatic nitrogens is 2. The van der Waals surface area contributed by atoms with Crippen LogP contribution in [0.4, 0.5) is 9.52 Å². The molecule has 0 saturated heterocycles. The smallest absolute Gasteiger partial charge is 0.257 e. The summed E-state index contributed by atoms with van der Waals surface area (Å²) in [6.07, 6.45) is 0. The number of thiazole rings is 1. The van der Waals surface area contributed by atoms with Gasteiger partial charge in [-0.1, -0.05) is 23.5 Å². The molecule has 0 saturated carbocycles. The Kier molecular flexibility index (Phi) is 3.63. The summed E-state index contributed by atoms with van der Waals surface area (Å²) in [5.74, 6) is -1.17. The third-order valence-corrected chi connectivity index (χ3v) is 5.20. The number of anilines is 1. The van der Waals surface area contributed by atoms with E-state index in [1.807, 2.05) is 6.07 Å². The van der Waals surface area contributed by atoms with Gasteiger partial charge in [0, 0.05) is 7.05 Å². The van der Waals surface area contributed by atoms with Gasteiger partial charge in [0.05, 0.1) is 11.5 Å². The molecule has 3 heterocycles. The minimum atomic E-state index is -0.826. The average molecular weight is 369 g/mol. The molecule has 0 spiro atoms. The van der Waals surface area contributed by atoms with Gasteiger partial charge in [0.2, 0.25) is 5.88 Å². The molecule has 0 fully saturated rings. The van der Waals surface area contributed by atoms with E-state index >= 15 is 0 Å². The van der Waals surface area contributed by atoms with Crippen LogP contribution in [0.2, 0.25) is 0 Å². The Balaban J connectivity index is 2.07. The lowest BCUT2D eigenvalue weighted by Crippen LogP contribution is -2.27. The zero-order valence-corrected chi connectivity index (χ0v) is 14.3. The summed E-state index contributed by atoms with van der Waals surface area (Å²) in [4.78, 5) is 19.7. The normalized spacial score (nSPS) is 16.1. The highest BCUT2D eigenvalue weighted by molar-refractivity contribution is 7.22. The topological polar surface area (TPSA) is 117 Å². The van der Waals surface area contributed by atoms with E-state index < -0.39 is 17.3 Å². The Morgan fingerprint density at radius 2 is 2.31 bits per heavy atom. The number of nitriles is 1. The lowest BCUT2D eigenvalue weighted by Gasteiger charge is -2.25. The van der Waals surface area contributed by atoms with Gasteiger partial charge in [0.15, 0.2) is 16.5 Å². The van der Waals surface area contributed by atoms with E-state index in [4.69, 9.17) is 10.5 Å². The second-order valence-corrected chi connectivity index (χ2v) is 6.62. The number of halogens is 1. The molecule has 0 aliphatic carbocycles. The number of H-pyrrole nitrogens is 1. The van der Waals surface area contributed by atoms with Gasteiger partial charge in [-0.3, -0.25) is 4.79 Å². The van der Waals surface area contributed by atoms with Gasteiger partial charge < -0.3 is 20.8 Å². The van der Waals surface area contributed by atoms with E-state index in [1.165, 1.54) is 29.5 Å². The van der Waals surface area contributed by atoms with Gasteiger partial charge in [0.25, 0.3) is 5.56 Å². The summed E-state index contributed by atoms with van der Waals surface area (Å²) in [6, 6.07) is 7.71. The fourth-order valence-electron chi connectivity index (χ4n) is 3.02. The molecule has 4 rings (SSSR count). The van der Waals surface area contributed by atoms with Gasteiger partial charge >= 0.3 is 0 Å². The van der Waals surface area contributed by atoms with Crippen LogP contribution in [0.5, 0.6) is 5.75 Å². The number of rotatable bonds is 2. The summed E-state index contributed by atoms with van der Waals surface area (Å²) in [5.41, 5.74) is 6.55. The zero-order valence-electron chi connectivity index (χ0n) is 13.5. The van der Waals surface area contributed by atoms with Crippen molar-refractivity contribution in [1.82, 2.24) is 9.97 Å². The van der Waals surface area contributed by atoms with Crippen molar-refractivity contribution in [2.24, 2.45) is 5.73 Å². The van der Waals surface area contributed by atoms with Crippen LogP contribution < -0.4 is 21.3 Å². The van der Waals surface area contributed by atoms with Crippen molar-refractivity contribution in [2.45, 2.75) is 5.92 Å². The number of allylic oxidation sites excluding steroid dienone is 1. The zero-order chi connectivity index (χ0) is 18.4. The number of aromatic amines is 1. The van der Waals surface area contributed by atoms with Crippen molar-refractivity contribution in [3.8, 4) is 11.8 Å². The average Bonchev–Trinajstić information content (AvgIpc) is 3.04. The number of nitrogens with two attached hydrogens (primary N) is 1. The van der Waals surface area contributed by atoms with Crippen LogP contribution in [-0.2, 0) is 0 Å². The van der Waals surface area contributed by atoms with E-state index in [0.29, 0.717) is 21.0 Å². The summed E-state index contributed by atoms with van der Waals surface area (Å²) >= 11 is 1.28. The molecule has 7 nitrogen and oxygen atoms in total. The van der Waals surface area contributed by atoms with Gasteiger partial charge in [-0.15, -0.1) is 0 Å². The van der Waals surface area contributed by atoms with E-state index in [9.17, 15) is 14.4 Å². The second kappa shape index (κ2) is 5.86. The molecule has 1 aromatic carbocycles. The summed E-state index contributed by atoms with van der Waals surface area (Å²) in [7, 11) is 1.71. The number of nitrogens with one attached hydrogen (secondary N) is 2. The minimum absolute atomic E-state index is 0.0614.